The molecule has 1 aliphatic rings. The molecule has 20 heavy (non-hydrogen) atoms. The molecular weight excluding hydrogens is 263 g/mol. The van der Waals surface area contributed by atoms with Gasteiger partial charge in [0.15, 0.2) is 11.5 Å². The molecule has 1 heterocycles. The van der Waals surface area contributed by atoms with Crippen molar-refractivity contribution in [3.05, 3.63) is 59.4 Å². The van der Waals surface area contributed by atoms with Crippen LogP contribution in [-0.4, -0.2) is 12.8 Å². The van der Waals surface area contributed by atoms with Crippen LogP contribution in [0.15, 0.2) is 42.5 Å². The summed E-state index contributed by atoms with van der Waals surface area (Å²) in [5, 5.41) is 0. The van der Waals surface area contributed by atoms with Crippen LogP contribution in [0, 0.1) is 5.82 Å². The molecule has 0 spiro atoms. The maximum atomic E-state index is 12.7. The molecule has 0 aromatic heterocycles. The Morgan fingerprint density at radius 1 is 1.10 bits per heavy atom. The zero-order valence-corrected chi connectivity index (χ0v) is 10.5. The number of fused-ring (bicyclic) bond motifs is 1. The van der Waals surface area contributed by atoms with Gasteiger partial charge in [-0.3, -0.25) is 0 Å². The molecule has 3 rings (SSSR count). The highest BCUT2D eigenvalue weighted by molar-refractivity contribution is 5.90. The maximum Gasteiger partial charge on any atom is 0.338 e. The average molecular weight is 274 g/mol. The molecule has 0 amide bonds. The number of benzene rings is 2. The molecule has 0 radical (unpaired) electrons. The molecule has 0 aliphatic carbocycles. The second-order valence-corrected chi connectivity index (χ2v) is 4.27. The van der Waals surface area contributed by atoms with Crippen molar-refractivity contribution in [2.24, 2.45) is 0 Å². The summed E-state index contributed by atoms with van der Waals surface area (Å²) in [6.07, 6.45) is 0. The lowest BCUT2D eigenvalue weighted by atomic mass is 10.2. The summed E-state index contributed by atoms with van der Waals surface area (Å²) in [5.74, 6) is 0.352. The van der Waals surface area contributed by atoms with Gasteiger partial charge in [-0.15, -0.1) is 0 Å². The number of rotatable bonds is 3. The maximum absolute atomic E-state index is 12.7. The molecule has 4 nitrogen and oxygen atoms in total. The first-order valence-corrected chi connectivity index (χ1v) is 6.03. The van der Waals surface area contributed by atoms with Crippen LogP contribution in [0.4, 0.5) is 4.39 Å². The van der Waals surface area contributed by atoms with Gasteiger partial charge in [-0.05, 0) is 35.9 Å². The molecule has 0 N–H and O–H groups in total. The first-order chi connectivity index (χ1) is 9.72. The minimum atomic E-state index is -0.465. The van der Waals surface area contributed by atoms with E-state index >= 15 is 0 Å². The lowest BCUT2D eigenvalue weighted by molar-refractivity contribution is 0.0472. The summed E-state index contributed by atoms with van der Waals surface area (Å²) in [4.78, 5) is 11.9. The van der Waals surface area contributed by atoms with Crippen LogP contribution in [0.3, 0.4) is 0 Å². The normalized spacial score (nSPS) is 12.2. The quantitative estimate of drug-likeness (QED) is 0.807. The van der Waals surface area contributed by atoms with Crippen LogP contribution >= 0.6 is 0 Å². The highest BCUT2D eigenvalue weighted by Gasteiger charge is 2.16. The summed E-state index contributed by atoms with van der Waals surface area (Å²) in [6.45, 7) is 0.247. The Bertz CT molecular complexity index is 637. The van der Waals surface area contributed by atoms with Gasteiger partial charge in [0.1, 0.15) is 12.4 Å². The first kappa shape index (κ1) is 12.5. The molecule has 102 valence electrons. The second-order valence-electron chi connectivity index (χ2n) is 4.27. The van der Waals surface area contributed by atoms with E-state index in [9.17, 15) is 9.18 Å². The van der Waals surface area contributed by atoms with E-state index in [0.29, 0.717) is 17.1 Å². The van der Waals surface area contributed by atoms with Crippen LogP contribution in [0.1, 0.15) is 15.9 Å². The molecule has 2 aromatic rings. The van der Waals surface area contributed by atoms with Crippen LogP contribution in [0.2, 0.25) is 0 Å². The van der Waals surface area contributed by atoms with E-state index in [0.717, 1.165) is 5.56 Å². The van der Waals surface area contributed by atoms with Gasteiger partial charge in [0.05, 0.1) is 5.56 Å². The SMILES string of the molecule is O=C(OCc1ccc(F)cc1)c1ccc2c(c1)OCO2. The molecular formula is C15H11FO4. The molecule has 0 bridgehead atoms. The van der Waals surface area contributed by atoms with Crippen molar-refractivity contribution in [2.75, 3.05) is 6.79 Å². The van der Waals surface area contributed by atoms with Crippen LogP contribution in [0.25, 0.3) is 0 Å². The number of hydrogen-bond donors (Lipinski definition) is 0. The molecule has 0 fully saturated rings. The summed E-state index contributed by atoms with van der Waals surface area (Å²) >= 11 is 0. The first-order valence-electron chi connectivity index (χ1n) is 6.03. The van der Waals surface area contributed by atoms with Crippen LogP contribution in [0.5, 0.6) is 11.5 Å². The van der Waals surface area contributed by atoms with Crippen molar-refractivity contribution in [2.45, 2.75) is 6.61 Å². The average Bonchev–Trinajstić information content (AvgIpc) is 2.93. The fourth-order valence-electron chi connectivity index (χ4n) is 1.84. The van der Waals surface area contributed by atoms with Gasteiger partial charge in [-0.1, -0.05) is 12.1 Å². The largest absolute Gasteiger partial charge is 0.457 e. The second kappa shape index (κ2) is 5.21. The number of ether oxygens (including phenoxy) is 3. The Morgan fingerprint density at radius 3 is 2.65 bits per heavy atom. The van der Waals surface area contributed by atoms with E-state index in [4.69, 9.17) is 14.2 Å². The summed E-state index contributed by atoms with van der Waals surface area (Å²) in [7, 11) is 0. The highest BCUT2D eigenvalue weighted by atomic mass is 19.1. The fourth-order valence-corrected chi connectivity index (χ4v) is 1.84. The number of hydrogen-bond acceptors (Lipinski definition) is 4. The monoisotopic (exact) mass is 274 g/mol. The molecule has 0 atom stereocenters. The van der Waals surface area contributed by atoms with E-state index in [1.54, 1.807) is 30.3 Å². The molecule has 0 saturated carbocycles. The Kier molecular flexibility index (Phi) is 3.25. The van der Waals surface area contributed by atoms with Crippen molar-refractivity contribution < 1.29 is 23.4 Å². The van der Waals surface area contributed by atoms with Crippen molar-refractivity contribution >= 4 is 5.97 Å². The Hall–Kier alpha value is -2.56. The smallest absolute Gasteiger partial charge is 0.338 e. The number of halogens is 1. The summed E-state index contributed by atoms with van der Waals surface area (Å²) in [6, 6.07) is 10.6. The number of carbonyl (C=O) groups is 1. The predicted molar refractivity (Wildman–Crippen MR) is 68.1 cm³/mol. The van der Waals surface area contributed by atoms with Gasteiger partial charge in [0, 0.05) is 0 Å². The van der Waals surface area contributed by atoms with E-state index in [1.165, 1.54) is 12.1 Å². The topological polar surface area (TPSA) is 44.8 Å². The Labute approximate surface area is 114 Å². The van der Waals surface area contributed by atoms with Crippen molar-refractivity contribution in [1.82, 2.24) is 0 Å². The fraction of sp³-hybridized carbons (Fsp3) is 0.133. The third-order valence-electron chi connectivity index (χ3n) is 2.89. The third kappa shape index (κ3) is 2.56. The van der Waals surface area contributed by atoms with Gasteiger partial charge in [0.2, 0.25) is 6.79 Å². The highest BCUT2D eigenvalue weighted by Crippen LogP contribution is 2.32. The third-order valence-corrected chi connectivity index (χ3v) is 2.89. The van der Waals surface area contributed by atoms with Crippen molar-refractivity contribution in [3.8, 4) is 11.5 Å². The van der Waals surface area contributed by atoms with Crippen LogP contribution < -0.4 is 9.47 Å². The lowest BCUT2D eigenvalue weighted by Crippen LogP contribution is -2.05. The Morgan fingerprint density at radius 2 is 1.85 bits per heavy atom. The Balaban J connectivity index is 1.66. The van der Waals surface area contributed by atoms with E-state index in [-0.39, 0.29) is 19.2 Å². The number of esters is 1. The molecule has 1 aliphatic heterocycles. The molecule has 0 saturated heterocycles. The van der Waals surface area contributed by atoms with Gasteiger partial charge >= 0.3 is 5.97 Å². The minimum absolute atomic E-state index is 0.0908. The zero-order valence-electron chi connectivity index (χ0n) is 10.5. The van der Waals surface area contributed by atoms with Gasteiger partial charge in [0.25, 0.3) is 0 Å². The lowest BCUT2D eigenvalue weighted by Gasteiger charge is -2.05. The predicted octanol–water partition coefficient (Wildman–Crippen LogP) is 2.91. The van der Waals surface area contributed by atoms with Crippen molar-refractivity contribution in [3.63, 3.8) is 0 Å². The summed E-state index contributed by atoms with van der Waals surface area (Å²) in [5.41, 5.74) is 1.11. The van der Waals surface area contributed by atoms with Gasteiger partial charge < -0.3 is 14.2 Å². The van der Waals surface area contributed by atoms with Crippen LogP contribution in [-0.2, 0) is 11.3 Å². The van der Waals surface area contributed by atoms with Gasteiger partial charge in [-0.25, -0.2) is 9.18 Å². The summed E-state index contributed by atoms with van der Waals surface area (Å²) < 4.78 is 28.3. The molecule has 5 heteroatoms. The van der Waals surface area contributed by atoms with E-state index in [1.807, 2.05) is 0 Å². The molecule has 0 unspecified atom stereocenters. The zero-order chi connectivity index (χ0) is 13.9. The number of carbonyl (C=O) groups excluding carboxylic acids is 1. The standard InChI is InChI=1S/C15H11FO4/c16-12-4-1-10(2-5-12)8-18-15(17)11-3-6-13-14(7-11)20-9-19-13/h1-7H,8-9H2. The van der Waals surface area contributed by atoms with E-state index < -0.39 is 5.97 Å². The minimum Gasteiger partial charge on any atom is -0.457 e. The van der Waals surface area contributed by atoms with E-state index in [2.05, 4.69) is 0 Å². The van der Waals surface area contributed by atoms with Gasteiger partial charge in [-0.2, -0.15) is 0 Å². The molecule has 2 aromatic carbocycles. The van der Waals surface area contributed by atoms with Crippen molar-refractivity contribution in [1.29, 1.82) is 0 Å².